The van der Waals surface area contributed by atoms with Crippen LogP contribution in [0.4, 0.5) is 11.5 Å². The highest BCUT2D eigenvalue weighted by Crippen LogP contribution is 2.30. The lowest BCUT2D eigenvalue weighted by Crippen LogP contribution is -2.18. The molecule has 0 unspecified atom stereocenters. The summed E-state index contributed by atoms with van der Waals surface area (Å²) in [5, 5.41) is 15.1. The van der Waals surface area contributed by atoms with Crippen LogP contribution < -0.4 is 15.4 Å². The molecule has 0 saturated carbocycles. The largest absolute Gasteiger partial charge is 0.491 e. The Balaban J connectivity index is 1.54. The molecule has 1 aromatic carbocycles. The number of carbonyl (C=O) groups excluding carboxylic acids is 1. The Morgan fingerprint density at radius 2 is 1.97 bits per heavy atom. The summed E-state index contributed by atoms with van der Waals surface area (Å²) in [5.41, 5.74) is 2.20. The first-order valence-corrected chi connectivity index (χ1v) is 10.2. The number of para-hydroxylation sites is 1. The highest BCUT2D eigenvalue weighted by Gasteiger charge is 2.19. The minimum absolute atomic E-state index is 0.112. The van der Waals surface area contributed by atoms with E-state index in [9.17, 15) is 4.79 Å². The van der Waals surface area contributed by atoms with Crippen molar-refractivity contribution in [3.63, 3.8) is 0 Å². The van der Waals surface area contributed by atoms with Crippen molar-refractivity contribution in [1.82, 2.24) is 40.2 Å². The fourth-order valence-electron chi connectivity index (χ4n) is 3.36. The standard InChI is InChI=1S/C22H19N9O3/c1-23-21(32)22-27-17(30-34-22)12-31-15-6-4-3-5-14(15)18(29-31)20-25-11-16(33-2)19(28-20)26-13-7-9-24-10-8-13/h3-11H,12H2,1-2H3,(H,23,32)(H,24,25,26,28). The van der Waals surface area contributed by atoms with E-state index in [0.717, 1.165) is 16.6 Å². The van der Waals surface area contributed by atoms with Crippen LogP contribution in [-0.2, 0) is 6.54 Å². The Hall–Kier alpha value is -4.87. The molecular formula is C22H19N9O3. The number of nitrogens with one attached hydrogen (secondary N) is 2. The van der Waals surface area contributed by atoms with Crippen LogP contribution in [0, 0.1) is 0 Å². The third kappa shape index (κ3) is 3.99. The number of methoxy groups -OCH3 is 1. The van der Waals surface area contributed by atoms with Gasteiger partial charge < -0.3 is 19.9 Å². The van der Waals surface area contributed by atoms with Gasteiger partial charge in [0.25, 0.3) is 0 Å². The van der Waals surface area contributed by atoms with Crippen molar-refractivity contribution >= 4 is 28.3 Å². The lowest BCUT2D eigenvalue weighted by Gasteiger charge is -2.10. The molecule has 0 aliphatic rings. The van der Waals surface area contributed by atoms with Crippen LogP contribution >= 0.6 is 0 Å². The zero-order chi connectivity index (χ0) is 23.5. The molecule has 170 valence electrons. The summed E-state index contributed by atoms with van der Waals surface area (Å²) in [5.74, 6) is 1.13. The van der Waals surface area contributed by atoms with Gasteiger partial charge in [0.2, 0.25) is 0 Å². The van der Waals surface area contributed by atoms with E-state index in [1.165, 1.54) is 7.05 Å². The van der Waals surface area contributed by atoms with Crippen LogP contribution in [0.15, 0.2) is 59.5 Å². The number of fused-ring (bicyclic) bond motifs is 1. The van der Waals surface area contributed by atoms with E-state index < -0.39 is 5.91 Å². The summed E-state index contributed by atoms with van der Waals surface area (Å²) in [6.45, 7) is 0.194. The maximum absolute atomic E-state index is 11.7. The van der Waals surface area contributed by atoms with Crippen LogP contribution in [-0.4, -0.2) is 54.9 Å². The maximum atomic E-state index is 11.7. The van der Waals surface area contributed by atoms with E-state index in [0.29, 0.717) is 28.9 Å². The number of pyridine rings is 1. The van der Waals surface area contributed by atoms with Gasteiger partial charge in [-0.1, -0.05) is 23.4 Å². The van der Waals surface area contributed by atoms with Gasteiger partial charge in [0, 0.05) is 30.5 Å². The molecule has 12 heteroatoms. The number of nitrogens with zero attached hydrogens (tertiary/aromatic N) is 7. The van der Waals surface area contributed by atoms with Gasteiger partial charge in [-0.15, -0.1) is 0 Å². The number of hydrogen-bond acceptors (Lipinski definition) is 10. The number of carbonyl (C=O) groups is 1. The smallest absolute Gasteiger partial charge is 0.315 e. The number of anilines is 2. The molecule has 5 aromatic rings. The van der Waals surface area contributed by atoms with Crippen LogP contribution in [0.2, 0.25) is 0 Å². The molecule has 4 heterocycles. The van der Waals surface area contributed by atoms with E-state index in [4.69, 9.17) is 14.4 Å². The van der Waals surface area contributed by atoms with Gasteiger partial charge in [-0.2, -0.15) is 10.1 Å². The van der Waals surface area contributed by atoms with E-state index >= 15 is 0 Å². The second-order valence-electron chi connectivity index (χ2n) is 7.09. The zero-order valence-electron chi connectivity index (χ0n) is 18.3. The number of aromatic nitrogens is 7. The molecule has 0 aliphatic heterocycles. The van der Waals surface area contributed by atoms with Gasteiger partial charge in [0.15, 0.2) is 23.2 Å². The third-order valence-corrected chi connectivity index (χ3v) is 4.97. The topological polar surface area (TPSA) is 146 Å². The first kappa shape index (κ1) is 21.0. The van der Waals surface area contributed by atoms with E-state index in [2.05, 4.69) is 35.7 Å². The number of ether oxygens (including phenoxy) is 1. The van der Waals surface area contributed by atoms with Crippen molar-refractivity contribution in [2.75, 3.05) is 19.5 Å². The molecule has 5 rings (SSSR count). The Morgan fingerprint density at radius 3 is 2.76 bits per heavy atom. The quantitative estimate of drug-likeness (QED) is 0.373. The van der Waals surface area contributed by atoms with Gasteiger partial charge >= 0.3 is 11.8 Å². The number of benzene rings is 1. The fraction of sp³-hybridized carbons (Fsp3) is 0.136. The molecule has 34 heavy (non-hydrogen) atoms. The minimum Gasteiger partial charge on any atom is -0.491 e. The first-order valence-electron chi connectivity index (χ1n) is 10.2. The van der Waals surface area contributed by atoms with Crippen molar-refractivity contribution < 1.29 is 14.1 Å². The molecule has 12 nitrogen and oxygen atoms in total. The Kier molecular flexibility index (Phi) is 5.52. The lowest BCUT2D eigenvalue weighted by atomic mass is 10.2. The molecule has 0 bridgehead atoms. The molecule has 0 spiro atoms. The molecule has 0 saturated heterocycles. The van der Waals surface area contributed by atoms with Crippen molar-refractivity contribution in [3.05, 3.63) is 66.7 Å². The summed E-state index contributed by atoms with van der Waals surface area (Å²) in [4.78, 5) is 29.0. The molecule has 2 N–H and O–H groups in total. The highest BCUT2D eigenvalue weighted by molar-refractivity contribution is 5.92. The normalized spacial score (nSPS) is 10.9. The monoisotopic (exact) mass is 457 g/mol. The van der Waals surface area contributed by atoms with Gasteiger partial charge in [-0.3, -0.25) is 14.5 Å². The average Bonchev–Trinajstić information content (AvgIpc) is 3.50. The molecule has 1 amide bonds. The van der Waals surface area contributed by atoms with Crippen molar-refractivity contribution in [1.29, 1.82) is 0 Å². The average molecular weight is 457 g/mol. The predicted octanol–water partition coefficient (Wildman–Crippen LogP) is 2.43. The van der Waals surface area contributed by atoms with Crippen molar-refractivity contribution in [2.24, 2.45) is 0 Å². The summed E-state index contributed by atoms with van der Waals surface area (Å²) < 4.78 is 12.2. The van der Waals surface area contributed by atoms with E-state index in [-0.39, 0.29) is 12.4 Å². The molecule has 0 atom stereocenters. The Labute approximate surface area is 193 Å². The SMILES string of the molecule is CNC(=O)c1nc(Cn2nc(-c3ncc(OC)c(Nc4ccncc4)n3)c3ccccc32)no1. The number of amides is 1. The van der Waals surface area contributed by atoms with Crippen molar-refractivity contribution in [2.45, 2.75) is 6.54 Å². The van der Waals surface area contributed by atoms with E-state index in [1.54, 1.807) is 30.4 Å². The third-order valence-electron chi connectivity index (χ3n) is 4.97. The summed E-state index contributed by atoms with van der Waals surface area (Å²) >= 11 is 0. The maximum Gasteiger partial charge on any atom is 0.315 e. The second-order valence-corrected chi connectivity index (χ2v) is 7.09. The lowest BCUT2D eigenvalue weighted by molar-refractivity contribution is 0.0919. The molecule has 0 radical (unpaired) electrons. The minimum atomic E-state index is -0.453. The van der Waals surface area contributed by atoms with Gasteiger partial charge in [-0.25, -0.2) is 9.97 Å². The van der Waals surface area contributed by atoms with Gasteiger partial charge in [-0.05, 0) is 18.2 Å². The van der Waals surface area contributed by atoms with Crippen LogP contribution in [0.25, 0.3) is 22.4 Å². The summed E-state index contributed by atoms with van der Waals surface area (Å²) in [6, 6.07) is 11.3. The number of hydrogen-bond donors (Lipinski definition) is 2. The second kappa shape index (κ2) is 8.94. The number of rotatable bonds is 7. The predicted molar refractivity (Wildman–Crippen MR) is 122 cm³/mol. The van der Waals surface area contributed by atoms with Gasteiger partial charge in [0.1, 0.15) is 12.2 Å². The Bertz CT molecular complexity index is 1460. The fourth-order valence-corrected chi connectivity index (χ4v) is 3.36. The van der Waals surface area contributed by atoms with Gasteiger partial charge in [0.05, 0.1) is 18.8 Å². The van der Waals surface area contributed by atoms with Crippen molar-refractivity contribution in [3.8, 4) is 17.3 Å². The first-order chi connectivity index (χ1) is 16.7. The molecular weight excluding hydrogens is 438 g/mol. The molecule has 4 aromatic heterocycles. The van der Waals surface area contributed by atoms with Crippen LogP contribution in [0.1, 0.15) is 16.5 Å². The molecule has 0 fully saturated rings. The van der Waals surface area contributed by atoms with Crippen LogP contribution in [0.3, 0.4) is 0 Å². The summed E-state index contributed by atoms with van der Waals surface area (Å²) in [7, 11) is 3.05. The highest BCUT2D eigenvalue weighted by atomic mass is 16.5. The Morgan fingerprint density at radius 1 is 1.15 bits per heavy atom. The van der Waals surface area contributed by atoms with Crippen LogP contribution in [0.5, 0.6) is 5.75 Å². The summed E-state index contributed by atoms with van der Waals surface area (Å²) in [6.07, 6.45) is 4.95. The van der Waals surface area contributed by atoms with E-state index in [1.807, 2.05) is 36.4 Å². The molecule has 0 aliphatic carbocycles. The zero-order valence-corrected chi connectivity index (χ0v) is 18.3.